The number of nitrogens with zero attached hydrogens (tertiary/aromatic N) is 2. The fourth-order valence-corrected chi connectivity index (χ4v) is 2.81. The molecule has 0 fully saturated rings. The van der Waals surface area contributed by atoms with E-state index in [1.54, 1.807) is 0 Å². The summed E-state index contributed by atoms with van der Waals surface area (Å²) in [4.78, 5) is 7.06. The maximum Gasteiger partial charge on any atom is 0.0548 e. The van der Waals surface area contributed by atoms with E-state index in [0.717, 1.165) is 31.0 Å². The summed E-state index contributed by atoms with van der Waals surface area (Å²) in [7, 11) is 0. The van der Waals surface area contributed by atoms with Crippen molar-refractivity contribution >= 4 is 0 Å². The standard InChI is InChI=1S/C21H23N3/c22-14-20-12-7-13-21(23-20)17-24(15-18-8-3-1-4-9-18)16-19-10-5-2-6-11-19/h1-13H,14-17,22H2. The third-order valence-corrected chi connectivity index (χ3v) is 3.96. The molecule has 0 spiro atoms. The molecule has 0 radical (unpaired) electrons. The maximum atomic E-state index is 5.72. The van der Waals surface area contributed by atoms with Gasteiger partial charge in [0, 0.05) is 26.2 Å². The molecular formula is C21H23N3. The fourth-order valence-electron chi connectivity index (χ4n) is 2.81. The van der Waals surface area contributed by atoms with Crippen LogP contribution in [0.25, 0.3) is 0 Å². The lowest BCUT2D eigenvalue weighted by atomic mass is 10.1. The Morgan fingerprint density at radius 3 is 1.71 bits per heavy atom. The second kappa shape index (κ2) is 8.39. The molecule has 0 aliphatic heterocycles. The lowest BCUT2D eigenvalue weighted by Crippen LogP contribution is -2.23. The molecule has 122 valence electrons. The van der Waals surface area contributed by atoms with Crippen molar-refractivity contribution in [2.24, 2.45) is 5.73 Å². The number of hydrogen-bond donors (Lipinski definition) is 1. The normalized spacial score (nSPS) is 10.9. The second-order valence-corrected chi connectivity index (χ2v) is 5.94. The van der Waals surface area contributed by atoms with Gasteiger partial charge >= 0.3 is 0 Å². The van der Waals surface area contributed by atoms with Crippen molar-refractivity contribution < 1.29 is 0 Å². The average molecular weight is 317 g/mol. The summed E-state index contributed by atoms with van der Waals surface area (Å²) in [5.74, 6) is 0. The van der Waals surface area contributed by atoms with Gasteiger partial charge in [0.2, 0.25) is 0 Å². The molecule has 0 unspecified atom stereocenters. The Morgan fingerprint density at radius 2 is 1.17 bits per heavy atom. The molecule has 24 heavy (non-hydrogen) atoms. The molecule has 1 heterocycles. The minimum absolute atomic E-state index is 0.477. The summed E-state index contributed by atoms with van der Waals surface area (Å²) in [5.41, 5.74) is 10.3. The summed E-state index contributed by atoms with van der Waals surface area (Å²) < 4.78 is 0. The highest BCUT2D eigenvalue weighted by Gasteiger charge is 2.09. The lowest BCUT2D eigenvalue weighted by molar-refractivity contribution is 0.244. The average Bonchev–Trinajstić information content (AvgIpc) is 2.63. The van der Waals surface area contributed by atoms with Crippen LogP contribution in [0.3, 0.4) is 0 Å². The topological polar surface area (TPSA) is 42.1 Å². The second-order valence-electron chi connectivity index (χ2n) is 5.94. The Labute approximate surface area is 143 Å². The summed E-state index contributed by atoms with van der Waals surface area (Å²) in [6.07, 6.45) is 0. The highest BCUT2D eigenvalue weighted by Crippen LogP contribution is 2.13. The van der Waals surface area contributed by atoms with Crippen molar-refractivity contribution in [1.82, 2.24) is 9.88 Å². The van der Waals surface area contributed by atoms with Crippen molar-refractivity contribution in [3.8, 4) is 0 Å². The third kappa shape index (κ3) is 4.75. The van der Waals surface area contributed by atoms with Crippen molar-refractivity contribution in [2.75, 3.05) is 0 Å². The zero-order chi connectivity index (χ0) is 16.6. The van der Waals surface area contributed by atoms with Gasteiger partial charge in [0.05, 0.1) is 11.4 Å². The summed E-state index contributed by atoms with van der Waals surface area (Å²) in [6, 6.07) is 27.2. The van der Waals surface area contributed by atoms with Crippen LogP contribution in [0.15, 0.2) is 78.9 Å². The SMILES string of the molecule is NCc1cccc(CN(Cc2ccccc2)Cc2ccccc2)n1. The number of benzene rings is 2. The molecule has 3 heteroatoms. The third-order valence-electron chi connectivity index (χ3n) is 3.96. The van der Waals surface area contributed by atoms with Gasteiger partial charge in [0.1, 0.15) is 0 Å². The van der Waals surface area contributed by atoms with Crippen molar-refractivity contribution in [2.45, 2.75) is 26.2 Å². The largest absolute Gasteiger partial charge is 0.325 e. The predicted molar refractivity (Wildman–Crippen MR) is 98.0 cm³/mol. The monoisotopic (exact) mass is 317 g/mol. The Morgan fingerprint density at radius 1 is 0.625 bits per heavy atom. The Balaban J connectivity index is 1.78. The van der Waals surface area contributed by atoms with Gasteiger partial charge < -0.3 is 5.73 Å². The molecule has 3 nitrogen and oxygen atoms in total. The van der Waals surface area contributed by atoms with Crippen LogP contribution in [0, 0.1) is 0 Å². The van der Waals surface area contributed by atoms with E-state index in [-0.39, 0.29) is 0 Å². The molecular weight excluding hydrogens is 294 g/mol. The van der Waals surface area contributed by atoms with E-state index >= 15 is 0 Å². The summed E-state index contributed by atoms with van der Waals surface area (Å²) in [6.45, 7) is 3.07. The van der Waals surface area contributed by atoms with E-state index in [1.165, 1.54) is 11.1 Å². The van der Waals surface area contributed by atoms with Crippen LogP contribution in [-0.2, 0) is 26.2 Å². The molecule has 0 aliphatic carbocycles. The van der Waals surface area contributed by atoms with Gasteiger partial charge in [-0.2, -0.15) is 0 Å². The molecule has 2 aromatic carbocycles. The number of rotatable bonds is 7. The van der Waals surface area contributed by atoms with Crippen LogP contribution >= 0.6 is 0 Å². The molecule has 0 saturated carbocycles. The van der Waals surface area contributed by atoms with Crippen LogP contribution in [0.4, 0.5) is 0 Å². The Bertz CT molecular complexity index is 700. The number of pyridine rings is 1. The minimum atomic E-state index is 0.477. The maximum absolute atomic E-state index is 5.72. The summed E-state index contributed by atoms with van der Waals surface area (Å²) >= 11 is 0. The first kappa shape index (κ1) is 16.4. The van der Waals surface area contributed by atoms with Crippen LogP contribution in [0.5, 0.6) is 0 Å². The van der Waals surface area contributed by atoms with E-state index in [2.05, 4.69) is 76.6 Å². The van der Waals surface area contributed by atoms with Crippen LogP contribution in [0.1, 0.15) is 22.5 Å². The fraction of sp³-hybridized carbons (Fsp3) is 0.190. The Hall–Kier alpha value is -2.49. The highest BCUT2D eigenvalue weighted by atomic mass is 15.1. The van der Waals surface area contributed by atoms with Gasteiger partial charge in [-0.25, -0.2) is 0 Å². The molecule has 0 atom stereocenters. The molecule has 2 N–H and O–H groups in total. The van der Waals surface area contributed by atoms with Gasteiger partial charge in [-0.05, 0) is 23.3 Å². The van der Waals surface area contributed by atoms with Gasteiger partial charge in [0.15, 0.2) is 0 Å². The van der Waals surface area contributed by atoms with Gasteiger partial charge in [-0.3, -0.25) is 9.88 Å². The lowest BCUT2D eigenvalue weighted by Gasteiger charge is -2.22. The first-order valence-corrected chi connectivity index (χ1v) is 8.28. The predicted octanol–water partition coefficient (Wildman–Crippen LogP) is 3.74. The van der Waals surface area contributed by atoms with E-state index in [9.17, 15) is 0 Å². The number of aromatic nitrogens is 1. The van der Waals surface area contributed by atoms with E-state index in [4.69, 9.17) is 5.73 Å². The number of nitrogens with two attached hydrogens (primary N) is 1. The first-order valence-electron chi connectivity index (χ1n) is 8.28. The zero-order valence-electron chi connectivity index (χ0n) is 13.8. The minimum Gasteiger partial charge on any atom is -0.325 e. The van der Waals surface area contributed by atoms with Crippen LogP contribution in [-0.4, -0.2) is 9.88 Å². The van der Waals surface area contributed by atoms with Crippen molar-refractivity contribution in [3.63, 3.8) is 0 Å². The van der Waals surface area contributed by atoms with E-state index in [0.29, 0.717) is 6.54 Å². The zero-order valence-corrected chi connectivity index (χ0v) is 13.8. The van der Waals surface area contributed by atoms with Crippen molar-refractivity contribution in [3.05, 3.63) is 101 Å². The first-order chi connectivity index (χ1) is 11.8. The molecule has 0 amide bonds. The smallest absolute Gasteiger partial charge is 0.0548 e. The molecule has 3 aromatic rings. The quantitative estimate of drug-likeness (QED) is 0.722. The molecule has 0 bridgehead atoms. The van der Waals surface area contributed by atoms with Gasteiger partial charge in [-0.1, -0.05) is 66.7 Å². The number of hydrogen-bond acceptors (Lipinski definition) is 3. The highest BCUT2D eigenvalue weighted by molar-refractivity contribution is 5.18. The molecule has 1 aromatic heterocycles. The Kier molecular flexibility index (Phi) is 5.72. The molecule has 0 aliphatic rings. The van der Waals surface area contributed by atoms with Gasteiger partial charge in [-0.15, -0.1) is 0 Å². The molecule has 3 rings (SSSR count). The van der Waals surface area contributed by atoms with E-state index in [1.807, 2.05) is 12.1 Å². The summed E-state index contributed by atoms with van der Waals surface area (Å²) in [5, 5.41) is 0. The van der Waals surface area contributed by atoms with Crippen LogP contribution < -0.4 is 5.73 Å². The van der Waals surface area contributed by atoms with Crippen LogP contribution in [0.2, 0.25) is 0 Å². The van der Waals surface area contributed by atoms with Crippen molar-refractivity contribution in [1.29, 1.82) is 0 Å². The van der Waals surface area contributed by atoms with Gasteiger partial charge in [0.25, 0.3) is 0 Å². The van der Waals surface area contributed by atoms with E-state index < -0.39 is 0 Å². The molecule has 0 saturated heterocycles.